The van der Waals surface area contributed by atoms with Crippen LogP contribution in [0.15, 0.2) is 15.4 Å². The number of sulfonamides is 1. The Morgan fingerprint density at radius 3 is 2.89 bits per heavy atom. The Bertz CT molecular complexity index is 523. The molecule has 0 bridgehead atoms. The van der Waals surface area contributed by atoms with Crippen LogP contribution in [0.2, 0.25) is 0 Å². The molecule has 1 N–H and O–H groups in total. The topological polar surface area (TPSA) is 70.8 Å². The Morgan fingerprint density at radius 2 is 2.33 bits per heavy atom. The van der Waals surface area contributed by atoms with Crippen molar-refractivity contribution in [3.8, 4) is 0 Å². The Labute approximate surface area is 111 Å². The lowest BCUT2D eigenvalue weighted by Crippen LogP contribution is -2.44. The Morgan fingerprint density at radius 1 is 1.61 bits per heavy atom. The molecular weight excluding hydrogens is 274 g/mol. The Hall–Kier alpha value is -0.500. The second-order valence-electron chi connectivity index (χ2n) is 4.33. The van der Waals surface area contributed by atoms with Gasteiger partial charge in [0.15, 0.2) is 0 Å². The van der Waals surface area contributed by atoms with Crippen LogP contribution in [0.1, 0.15) is 18.4 Å². The van der Waals surface area contributed by atoms with E-state index >= 15 is 0 Å². The van der Waals surface area contributed by atoms with Gasteiger partial charge in [0.2, 0.25) is 10.0 Å². The molecule has 1 aliphatic heterocycles. The van der Waals surface area contributed by atoms with E-state index in [-0.39, 0.29) is 23.3 Å². The lowest BCUT2D eigenvalue weighted by Gasteiger charge is -2.31. The monoisotopic (exact) mass is 291 g/mol. The van der Waals surface area contributed by atoms with Crippen LogP contribution in [0.4, 0.5) is 0 Å². The van der Waals surface area contributed by atoms with Crippen LogP contribution in [0.25, 0.3) is 0 Å². The molecule has 7 heteroatoms. The zero-order chi connectivity index (χ0) is 13.3. The van der Waals surface area contributed by atoms with Gasteiger partial charge in [-0.2, -0.15) is 16.1 Å². The second kappa shape index (κ2) is 5.24. The molecule has 0 aromatic carbocycles. The number of hydrogen-bond donors (Lipinski definition) is 1. The summed E-state index contributed by atoms with van der Waals surface area (Å²) in [6.45, 7) is 3.75. The summed E-state index contributed by atoms with van der Waals surface area (Å²) in [5.74, 6) is 2.24. The number of aliphatic hydroxyl groups is 1. The molecule has 1 unspecified atom stereocenters. The van der Waals surface area contributed by atoms with Gasteiger partial charge in [0.05, 0.1) is 0 Å². The van der Waals surface area contributed by atoms with Gasteiger partial charge in [-0.25, -0.2) is 8.42 Å². The first-order valence-electron chi connectivity index (χ1n) is 5.76. The number of furan rings is 1. The Balaban J connectivity index is 2.37. The molecule has 2 heterocycles. The molecule has 0 spiro atoms. The van der Waals surface area contributed by atoms with Crippen molar-refractivity contribution in [2.24, 2.45) is 0 Å². The zero-order valence-electron chi connectivity index (χ0n) is 10.4. The second-order valence-corrected chi connectivity index (χ2v) is 7.34. The van der Waals surface area contributed by atoms with Crippen molar-refractivity contribution in [1.82, 2.24) is 4.31 Å². The van der Waals surface area contributed by atoms with Crippen LogP contribution in [-0.2, 0) is 16.6 Å². The largest absolute Gasteiger partial charge is 0.462 e. The van der Waals surface area contributed by atoms with Crippen molar-refractivity contribution >= 4 is 21.8 Å². The number of thioether (sulfide) groups is 1. The van der Waals surface area contributed by atoms with Crippen molar-refractivity contribution in [1.29, 1.82) is 0 Å². The molecule has 1 fully saturated rings. The molecule has 1 aromatic rings. The quantitative estimate of drug-likeness (QED) is 0.906. The smallest absolute Gasteiger partial charge is 0.246 e. The van der Waals surface area contributed by atoms with Crippen molar-refractivity contribution in [2.75, 3.05) is 18.1 Å². The lowest BCUT2D eigenvalue weighted by atomic mass is 10.4. The normalized spacial score (nSPS) is 22.3. The van der Waals surface area contributed by atoms with Crippen molar-refractivity contribution in [2.45, 2.75) is 31.4 Å². The van der Waals surface area contributed by atoms with Gasteiger partial charge in [0.25, 0.3) is 0 Å². The third-order valence-electron chi connectivity index (χ3n) is 2.97. The van der Waals surface area contributed by atoms with Crippen LogP contribution in [0.3, 0.4) is 0 Å². The minimum Gasteiger partial charge on any atom is -0.462 e. The van der Waals surface area contributed by atoms with E-state index in [0.717, 1.165) is 11.5 Å². The molecule has 0 radical (unpaired) electrons. The van der Waals surface area contributed by atoms with Crippen molar-refractivity contribution in [3.05, 3.63) is 17.6 Å². The standard InChI is InChI=1S/C11H17NO4S2/c1-8-7-17-4-3-12(8)18(14,15)11-5-10(6-13)16-9(11)2/h5,8,13H,3-4,6-7H2,1-2H3. The van der Waals surface area contributed by atoms with E-state index in [1.165, 1.54) is 10.4 Å². The first kappa shape index (κ1) is 13.9. The van der Waals surface area contributed by atoms with Crippen LogP contribution < -0.4 is 0 Å². The third-order valence-corrected chi connectivity index (χ3v) is 6.28. The fourth-order valence-corrected chi connectivity index (χ4v) is 5.09. The van der Waals surface area contributed by atoms with E-state index in [9.17, 15) is 8.42 Å². The maximum atomic E-state index is 12.5. The van der Waals surface area contributed by atoms with Crippen LogP contribution in [0.5, 0.6) is 0 Å². The van der Waals surface area contributed by atoms with Gasteiger partial charge in [-0.1, -0.05) is 0 Å². The molecule has 102 valence electrons. The summed E-state index contributed by atoms with van der Waals surface area (Å²) in [6.07, 6.45) is 0. The summed E-state index contributed by atoms with van der Waals surface area (Å²) in [5, 5.41) is 9.00. The van der Waals surface area contributed by atoms with Gasteiger partial charge in [0.1, 0.15) is 23.0 Å². The molecule has 0 saturated carbocycles. The molecule has 1 atom stereocenters. The first-order valence-corrected chi connectivity index (χ1v) is 8.36. The van der Waals surface area contributed by atoms with E-state index in [0.29, 0.717) is 12.3 Å². The minimum absolute atomic E-state index is 0.0133. The molecule has 0 amide bonds. The SMILES string of the molecule is Cc1oc(CO)cc1S(=O)(=O)N1CCSCC1C. The highest BCUT2D eigenvalue weighted by Gasteiger charge is 2.33. The van der Waals surface area contributed by atoms with E-state index in [2.05, 4.69) is 0 Å². The minimum atomic E-state index is -3.52. The summed E-state index contributed by atoms with van der Waals surface area (Å²) < 4.78 is 31.8. The highest BCUT2D eigenvalue weighted by atomic mass is 32.2. The van der Waals surface area contributed by atoms with Gasteiger partial charge < -0.3 is 9.52 Å². The molecule has 0 aliphatic carbocycles. The van der Waals surface area contributed by atoms with Gasteiger partial charge >= 0.3 is 0 Å². The highest BCUT2D eigenvalue weighted by molar-refractivity contribution is 7.99. The first-order chi connectivity index (χ1) is 8.46. The van der Waals surface area contributed by atoms with E-state index in [4.69, 9.17) is 9.52 Å². The molecular formula is C11H17NO4S2. The summed E-state index contributed by atoms with van der Waals surface area (Å²) in [7, 11) is -3.52. The molecule has 2 rings (SSSR count). The van der Waals surface area contributed by atoms with Crippen molar-refractivity contribution in [3.63, 3.8) is 0 Å². The van der Waals surface area contributed by atoms with Gasteiger partial charge in [0, 0.05) is 30.2 Å². The van der Waals surface area contributed by atoms with Crippen LogP contribution in [0, 0.1) is 6.92 Å². The summed E-state index contributed by atoms with van der Waals surface area (Å²) in [6, 6.07) is 1.40. The summed E-state index contributed by atoms with van der Waals surface area (Å²) in [5.41, 5.74) is 0. The lowest BCUT2D eigenvalue weighted by molar-refractivity contribution is 0.244. The summed E-state index contributed by atoms with van der Waals surface area (Å²) >= 11 is 1.76. The number of rotatable bonds is 3. The fourth-order valence-electron chi connectivity index (χ4n) is 2.05. The maximum absolute atomic E-state index is 12.5. The average Bonchev–Trinajstić information content (AvgIpc) is 2.71. The maximum Gasteiger partial charge on any atom is 0.246 e. The average molecular weight is 291 g/mol. The highest BCUT2D eigenvalue weighted by Crippen LogP contribution is 2.28. The fraction of sp³-hybridized carbons (Fsp3) is 0.636. The van der Waals surface area contributed by atoms with E-state index in [1.807, 2.05) is 6.92 Å². The third kappa shape index (κ3) is 2.45. The number of aryl methyl sites for hydroxylation is 1. The molecule has 5 nitrogen and oxygen atoms in total. The summed E-state index contributed by atoms with van der Waals surface area (Å²) in [4.78, 5) is 0.172. The van der Waals surface area contributed by atoms with E-state index in [1.54, 1.807) is 18.7 Å². The molecule has 1 aromatic heterocycles. The van der Waals surface area contributed by atoms with Gasteiger partial charge in [-0.3, -0.25) is 0 Å². The van der Waals surface area contributed by atoms with Crippen LogP contribution in [-0.4, -0.2) is 41.9 Å². The number of aliphatic hydroxyl groups excluding tert-OH is 1. The predicted octanol–water partition coefficient (Wildman–Crippen LogP) is 1.21. The predicted molar refractivity (Wildman–Crippen MR) is 70.0 cm³/mol. The Kier molecular flexibility index (Phi) is 4.05. The zero-order valence-corrected chi connectivity index (χ0v) is 12.1. The molecule has 1 saturated heterocycles. The number of nitrogens with zero attached hydrogens (tertiary/aromatic N) is 1. The number of hydrogen-bond acceptors (Lipinski definition) is 5. The molecule has 18 heavy (non-hydrogen) atoms. The van der Waals surface area contributed by atoms with Gasteiger partial charge in [-0.05, 0) is 13.8 Å². The van der Waals surface area contributed by atoms with Gasteiger partial charge in [-0.15, -0.1) is 0 Å². The molecule has 1 aliphatic rings. The van der Waals surface area contributed by atoms with Crippen LogP contribution >= 0.6 is 11.8 Å². The van der Waals surface area contributed by atoms with Crippen molar-refractivity contribution < 1.29 is 17.9 Å². The van der Waals surface area contributed by atoms with E-state index < -0.39 is 10.0 Å².